The first-order chi connectivity index (χ1) is 14.1. The zero-order valence-electron chi connectivity index (χ0n) is 16.1. The molecule has 2 N–H and O–H groups in total. The number of hydrogen-bond acceptors (Lipinski definition) is 4. The topological polar surface area (TPSA) is 76.7 Å². The maximum atomic E-state index is 12.7. The molecule has 0 saturated carbocycles. The van der Waals surface area contributed by atoms with Gasteiger partial charge in [0.15, 0.2) is 0 Å². The monoisotopic (exact) mass is 390 g/mol. The van der Waals surface area contributed by atoms with E-state index in [2.05, 4.69) is 10.6 Å². The molecule has 29 heavy (non-hydrogen) atoms. The van der Waals surface area contributed by atoms with Gasteiger partial charge in [-0.2, -0.15) is 0 Å². The molecule has 0 spiro atoms. The van der Waals surface area contributed by atoms with Crippen molar-refractivity contribution in [2.45, 2.75) is 6.92 Å². The van der Waals surface area contributed by atoms with Gasteiger partial charge in [-0.05, 0) is 48.5 Å². The molecular weight excluding hydrogens is 368 g/mol. The zero-order valence-corrected chi connectivity index (χ0v) is 16.1. The fraction of sp³-hybridized carbons (Fsp3) is 0.130. The van der Waals surface area contributed by atoms with Gasteiger partial charge in [-0.1, -0.05) is 30.3 Å². The number of ether oxygens (including phenoxy) is 2. The number of anilines is 2. The molecule has 148 valence electrons. The van der Waals surface area contributed by atoms with E-state index in [4.69, 9.17) is 9.47 Å². The Bertz CT molecular complexity index is 956. The smallest absolute Gasteiger partial charge is 0.259 e. The molecule has 0 fully saturated rings. The molecule has 0 aliphatic carbocycles. The van der Waals surface area contributed by atoms with Crippen molar-refractivity contribution in [1.29, 1.82) is 0 Å². The molecule has 0 aliphatic heterocycles. The Labute approximate surface area is 169 Å². The van der Waals surface area contributed by atoms with Crippen LogP contribution in [0.25, 0.3) is 0 Å². The standard InChI is InChI=1S/C23H22N2O4/c1-17(26)24-18-11-13-19(14-12-18)25-23(27)21-9-5-6-10-22(21)29-16-15-28-20-7-3-2-4-8-20/h2-14H,15-16H2,1H3,(H,24,26)(H,25,27). The minimum Gasteiger partial charge on any atom is -0.490 e. The molecule has 0 saturated heterocycles. The third-order valence-corrected chi connectivity index (χ3v) is 3.95. The molecular formula is C23H22N2O4. The van der Waals surface area contributed by atoms with Crippen LogP contribution in [-0.2, 0) is 4.79 Å². The lowest BCUT2D eigenvalue weighted by Crippen LogP contribution is -2.15. The highest BCUT2D eigenvalue weighted by atomic mass is 16.5. The predicted molar refractivity (Wildman–Crippen MR) is 113 cm³/mol. The Balaban J connectivity index is 1.57. The first-order valence-corrected chi connectivity index (χ1v) is 9.20. The van der Waals surface area contributed by atoms with Crippen molar-refractivity contribution < 1.29 is 19.1 Å². The summed E-state index contributed by atoms with van der Waals surface area (Å²) < 4.78 is 11.4. The van der Waals surface area contributed by atoms with Gasteiger partial charge in [0.05, 0.1) is 5.56 Å². The fourth-order valence-corrected chi connectivity index (χ4v) is 2.65. The number of nitrogens with one attached hydrogen (secondary N) is 2. The summed E-state index contributed by atoms with van der Waals surface area (Å²) in [5.74, 6) is 0.822. The van der Waals surface area contributed by atoms with Gasteiger partial charge in [0.25, 0.3) is 5.91 Å². The molecule has 0 aliphatic rings. The minimum atomic E-state index is -0.281. The van der Waals surface area contributed by atoms with E-state index in [0.717, 1.165) is 5.75 Å². The molecule has 2 amide bonds. The summed E-state index contributed by atoms with van der Waals surface area (Å²) in [5.41, 5.74) is 1.71. The third-order valence-electron chi connectivity index (χ3n) is 3.95. The average molecular weight is 390 g/mol. The summed E-state index contributed by atoms with van der Waals surface area (Å²) >= 11 is 0. The Morgan fingerprint density at radius 2 is 1.31 bits per heavy atom. The largest absolute Gasteiger partial charge is 0.490 e. The summed E-state index contributed by atoms with van der Waals surface area (Å²) in [5, 5.41) is 5.52. The number of benzene rings is 3. The lowest BCUT2D eigenvalue weighted by molar-refractivity contribution is -0.114. The van der Waals surface area contributed by atoms with Crippen molar-refractivity contribution >= 4 is 23.2 Å². The van der Waals surface area contributed by atoms with Crippen molar-refractivity contribution in [3.05, 3.63) is 84.4 Å². The van der Waals surface area contributed by atoms with E-state index >= 15 is 0 Å². The Hall–Kier alpha value is -3.80. The molecule has 0 atom stereocenters. The van der Waals surface area contributed by atoms with Crippen LogP contribution >= 0.6 is 0 Å². The summed E-state index contributed by atoms with van der Waals surface area (Å²) in [6.45, 7) is 2.12. The average Bonchev–Trinajstić information content (AvgIpc) is 2.73. The number of rotatable bonds is 8. The molecule has 3 rings (SSSR count). The Morgan fingerprint density at radius 1 is 0.724 bits per heavy atom. The zero-order chi connectivity index (χ0) is 20.5. The van der Waals surface area contributed by atoms with Gasteiger partial charge in [0.2, 0.25) is 5.91 Å². The molecule has 0 heterocycles. The third kappa shape index (κ3) is 6.10. The summed E-state index contributed by atoms with van der Waals surface area (Å²) in [7, 11) is 0. The van der Waals surface area contributed by atoms with E-state index < -0.39 is 0 Å². The first-order valence-electron chi connectivity index (χ1n) is 9.20. The minimum absolute atomic E-state index is 0.149. The second-order valence-electron chi connectivity index (χ2n) is 6.22. The predicted octanol–water partition coefficient (Wildman–Crippen LogP) is 4.36. The molecule has 0 unspecified atom stereocenters. The molecule has 0 radical (unpaired) electrons. The molecule has 3 aromatic rings. The van der Waals surface area contributed by atoms with Crippen LogP contribution in [0.3, 0.4) is 0 Å². The number of carbonyl (C=O) groups excluding carboxylic acids is 2. The molecule has 6 nitrogen and oxygen atoms in total. The van der Waals surface area contributed by atoms with Gasteiger partial charge in [-0.3, -0.25) is 9.59 Å². The van der Waals surface area contributed by atoms with Crippen LogP contribution in [0.4, 0.5) is 11.4 Å². The van der Waals surface area contributed by atoms with Crippen LogP contribution in [0.15, 0.2) is 78.9 Å². The van der Waals surface area contributed by atoms with Crippen molar-refractivity contribution in [3.63, 3.8) is 0 Å². The lowest BCUT2D eigenvalue weighted by Gasteiger charge is -2.12. The van der Waals surface area contributed by atoms with Gasteiger partial charge in [0.1, 0.15) is 24.7 Å². The fourth-order valence-electron chi connectivity index (χ4n) is 2.65. The van der Waals surface area contributed by atoms with E-state index in [0.29, 0.717) is 35.9 Å². The Kier molecular flexibility index (Phi) is 6.84. The lowest BCUT2D eigenvalue weighted by atomic mass is 10.2. The number of amides is 2. The van der Waals surface area contributed by atoms with Crippen LogP contribution in [0, 0.1) is 0 Å². The SMILES string of the molecule is CC(=O)Nc1ccc(NC(=O)c2ccccc2OCCOc2ccccc2)cc1. The number of carbonyl (C=O) groups is 2. The van der Waals surface area contributed by atoms with E-state index in [1.165, 1.54) is 6.92 Å². The van der Waals surface area contributed by atoms with Gasteiger partial charge >= 0.3 is 0 Å². The molecule has 0 aromatic heterocycles. The van der Waals surface area contributed by atoms with Crippen LogP contribution in [0.1, 0.15) is 17.3 Å². The van der Waals surface area contributed by atoms with Crippen LogP contribution in [0.2, 0.25) is 0 Å². The maximum absolute atomic E-state index is 12.7. The van der Waals surface area contributed by atoms with Gasteiger partial charge in [-0.15, -0.1) is 0 Å². The molecule has 6 heteroatoms. The van der Waals surface area contributed by atoms with Crippen molar-refractivity contribution in [3.8, 4) is 11.5 Å². The van der Waals surface area contributed by atoms with Crippen molar-refractivity contribution in [2.24, 2.45) is 0 Å². The normalized spacial score (nSPS) is 10.1. The molecule has 0 bridgehead atoms. The number of hydrogen-bond donors (Lipinski definition) is 2. The highest BCUT2D eigenvalue weighted by molar-refractivity contribution is 6.06. The highest BCUT2D eigenvalue weighted by Gasteiger charge is 2.12. The van der Waals surface area contributed by atoms with E-state index in [1.54, 1.807) is 42.5 Å². The first kappa shape index (κ1) is 19.9. The maximum Gasteiger partial charge on any atom is 0.259 e. The van der Waals surface area contributed by atoms with E-state index in [-0.39, 0.29) is 11.8 Å². The number of para-hydroxylation sites is 2. The summed E-state index contributed by atoms with van der Waals surface area (Å²) in [4.78, 5) is 23.7. The van der Waals surface area contributed by atoms with Crippen LogP contribution in [0.5, 0.6) is 11.5 Å². The van der Waals surface area contributed by atoms with Gasteiger partial charge in [0, 0.05) is 18.3 Å². The van der Waals surface area contributed by atoms with Gasteiger partial charge < -0.3 is 20.1 Å². The van der Waals surface area contributed by atoms with Gasteiger partial charge in [-0.25, -0.2) is 0 Å². The van der Waals surface area contributed by atoms with E-state index in [1.807, 2.05) is 36.4 Å². The van der Waals surface area contributed by atoms with E-state index in [9.17, 15) is 9.59 Å². The quantitative estimate of drug-likeness (QED) is 0.561. The summed E-state index contributed by atoms with van der Waals surface area (Å²) in [6, 6.07) is 23.4. The Morgan fingerprint density at radius 3 is 2.00 bits per heavy atom. The molecule has 3 aromatic carbocycles. The summed E-state index contributed by atoms with van der Waals surface area (Å²) in [6.07, 6.45) is 0. The van der Waals surface area contributed by atoms with Crippen molar-refractivity contribution in [1.82, 2.24) is 0 Å². The highest BCUT2D eigenvalue weighted by Crippen LogP contribution is 2.21. The second-order valence-corrected chi connectivity index (χ2v) is 6.22. The second kappa shape index (κ2) is 9.94. The van der Waals surface area contributed by atoms with Crippen LogP contribution in [-0.4, -0.2) is 25.0 Å². The van der Waals surface area contributed by atoms with Crippen LogP contribution < -0.4 is 20.1 Å². The van der Waals surface area contributed by atoms with Crippen molar-refractivity contribution in [2.75, 3.05) is 23.8 Å².